The standard InChI is InChI=1S/C16H27N3O/c1-4-9-19-13-14(12-17-19)15(20)16(3,5-2)18-10-7-6-8-11-18/h12-13H,4-11H2,1-3H3. The molecule has 0 N–H and O–H groups in total. The Morgan fingerprint density at radius 3 is 2.60 bits per heavy atom. The Morgan fingerprint density at radius 1 is 1.30 bits per heavy atom. The molecule has 112 valence electrons. The minimum Gasteiger partial charge on any atom is -0.292 e. The quantitative estimate of drug-likeness (QED) is 0.750. The van der Waals surface area contributed by atoms with Gasteiger partial charge in [0.25, 0.3) is 0 Å². The fourth-order valence-electron chi connectivity index (χ4n) is 3.06. The highest BCUT2D eigenvalue weighted by molar-refractivity contribution is 6.02. The van der Waals surface area contributed by atoms with Gasteiger partial charge in [0.05, 0.1) is 17.3 Å². The molecule has 2 rings (SSSR count). The number of carbonyl (C=O) groups is 1. The van der Waals surface area contributed by atoms with Gasteiger partial charge >= 0.3 is 0 Å². The van der Waals surface area contributed by atoms with Gasteiger partial charge < -0.3 is 0 Å². The third-order valence-electron chi connectivity index (χ3n) is 4.58. The van der Waals surface area contributed by atoms with Crippen LogP contribution in [0.1, 0.15) is 63.2 Å². The topological polar surface area (TPSA) is 38.1 Å². The molecule has 1 fully saturated rings. The maximum absolute atomic E-state index is 12.9. The van der Waals surface area contributed by atoms with Gasteiger partial charge in [-0.3, -0.25) is 14.4 Å². The van der Waals surface area contributed by atoms with Crippen LogP contribution in [0, 0.1) is 0 Å². The second-order valence-corrected chi connectivity index (χ2v) is 6.00. The minimum absolute atomic E-state index is 0.226. The zero-order chi connectivity index (χ0) is 14.6. The van der Waals surface area contributed by atoms with Crippen LogP contribution in [0.2, 0.25) is 0 Å². The molecule has 1 saturated heterocycles. The third-order valence-corrected chi connectivity index (χ3v) is 4.58. The molecule has 0 radical (unpaired) electrons. The van der Waals surface area contributed by atoms with Crippen LogP contribution in [-0.2, 0) is 6.54 Å². The average Bonchev–Trinajstić information content (AvgIpc) is 2.95. The molecule has 1 aliphatic rings. The van der Waals surface area contributed by atoms with Crippen LogP contribution in [0.3, 0.4) is 0 Å². The molecule has 1 aromatic heterocycles. The van der Waals surface area contributed by atoms with Crippen LogP contribution in [0.4, 0.5) is 0 Å². The maximum Gasteiger partial charge on any atom is 0.185 e. The van der Waals surface area contributed by atoms with Crippen molar-refractivity contribution in [2.75, 3.05) is 13.1 Å². The molecule has 1 atom stereocenters. The molecule has 1 unspecified atom stereocenters. The highest BCUT2D eigenvalue weighted by Gasteiger charge is 2.39. The van der Waals surface area contributed by atoms with Crippen LogP contribution in [-0.4, -0.2) is 39.1 Å². The van der Waals surface area contributed by atoms with Gasteiger partial charge in [-0.25, -0.2) is 0 Å². The first-order valence-electron chi connectivity index (χ1n) is 7.94. The molecule has 0 aliphatic carbocycles. The highest BCUT2D eigenvalue weighted by Crippen LogP contribution is 2.27. The Bertz CT molecular complexity index is 448. The number of rotatable bonds is 6. The Balaban J connectivity index is 2.17. The van der Waals surface area contributed by atoms with Crippen molar-refractivity contribution in [3.05, 3.63) is 18.0 Å². The lowest BCUT2D eigenvalue weighted by atomic mass is 9.86. The van der Waals surface area contributed by atoms with Crippen LogP contribution >= 0.6 is 0 Å². The van der Waals surface area contributed by atoms with Gasteiger partial charge in [0.15, 0.2) is 5.78 Å². The molecule has 1 aromatic rings. The molecular formula is C16H27N3O. The van der Waals surface area contributed by atoms with E-state index >= 15 is 0 Å². The summed E-state index contributed by atoms with van der Waals surface area (Å²) in [5.41, 5.74) is 0.383. The smallest absolute Gasteiger partial charge is 0.185 e. The highest BCUT2D eigenvalue weighted by atomic mass is 16.1. The molecule has 1 aliphatic heterocycles. The number of Topliss-reactive ketones (excluding diaryl/α,β-unsaturated/α-hetero) is 1. The van der Waals surface area contributed by atoms with Crippen molar-refractivity contribution in [3.8, 4) is 0 Å². The van der Waals surface area contributed by atoms with Crippen molar-refractivity contribution >= 4 is 5.78 Å². The minimum atomic E-state index is -0.375. The zero-order valence-corrected chi connectivity index (χ0v) is 13.1. The van der Waals surface area contributed by atoms with Crippen molar-refractivity contribution in [1.82, 2.24) is 14.7 Å². The Kier molecular flexibility index (Phi) is 4.97. The second-order valence-electron chi connectivity index (χ2n) is 6.00. The zero-order valence-electron chi connectivity index (χ0n) is 13.1. The summed E-state index contributed by atoms with van der Waals surface area (Å²) in [6, 6.07) is 0. The van der Waals surface area contributed by atoms with Gasteiger partial charge in [-0.05, 0) is 45.7 Å². The molecule has 0 spiro atoms. The van der Waals surface area contributed by atoms with Gasteiger partial charge in [0.1, 0.15) is 0 Å². The lowest BCUT2D eigenvalue weighted by Gasteiger charge is -2.41. The number of aromatic nitrogens is 2. The maximum atomic E-state index is 12.9. The van der Waals surface area contributed by atoms with Crippen LogP contribution in [0.5, 0.6) is 0 Å². The number of carbonyl (C=O) groups excluding carboxylic acids is 1. The molecule has 4 heteroatoms. The van der Waals surface area contributed by atoms with Gasteiger partial charge in [-0.15, -0.1) is 0 Å². The monoisotopic (exact) mass is 277 g/mol. The fraction of sp³-hybridized carbons (Fsp3) is 0.750. The molecule has 0 saturated carbocycles. The Labute approximate surface area is 122 Å². The van der Waals surface area contributed by atoms with Crippen molar-refractivity contribution in [2.24, 2.45) is 0 Å². The number of nitrogens with zero attached hydrogens (tertiary/aromatic N) is 3. The first kappa shape index (κ1) is 15.2. The molecule has 0 aromatic carbocycles. The summed E-state index contributed by atoms with van der Waals surface area (Å²) in [5, 5.41) is 4.30. The van der Waals surface area contributed by atoms with Crippen LogP contribution < -0.4 is 0 Å². The first-order chi connectivity index (χ1) is 9.61. The number of ketones is 1. The molecule has 4 nitrogen and oxygen atoms in total. The summed E-state index contributed by atoms with van der Waals surface area (Å²) in [7, 11) is 0. The molecule has 2 heterocycles. The van der Waals surface area contributed by atoms with Gasteiger partial charge in [-0.2, -0.15) is 5.10 Å². The predicted octanol–water partition coefficient (Wildman–Crippen LogP) is 3.13. The van der Waals surface area contributed by atoms with E-state index in [1.54, 1.807) is 6.20 Å². The van der Waals surface area contributed by atoms with E-state index in [9.17, 15) is 4.79 Å². The fourth-order valence-corrected chi connectivity index (χ4v) is 3.06. The van der Waals surface area contributed by atoms with Crippen molar-refractivity contribution in [1.29, 1.82) is 0 Å². The number of aryl methyl sites for hydroxylation is 1. The van der Waals surface area contributed by atoms with Crippen molar-refractivity contribution in [2.45, 2.75) is 65.0 Å². The van der Waals surface area contributed by atoms with E-state index in [-0.39, 0.29) is 11.3 Å². The first-order valence-corrected chi connectivity index (χ1v) is 7.94. The summed E-state index contributed by atoms with van der Waals surface area (Å²) < 4.78 is 1.87. The number of likely N-dealkylation sites (tertiary alicyclic amines) is 1. The van der Waals surface area contributed by atoms with E-state index in [2.05, 4.69) is 30.8 Å². The van der Waals surface area contributed by atoms with E-state index in [4.69, 9.17) is 0 Å². The van der Waals surface area contributed by atoms with Crippen molar-refractivity contribution in [3.63, 3.8) is 0 Å². The van der Waals surface area contributed by atoms with E-state index in [1.165, 1.54) is 19.3 Å². The Hall–Kier alpha value is -1.16. The summed E-state index contributed by atoms with van der Waals surface area (Å²) >= 11 is 0. The largest absolute Gasteiger partial charge is 0.292 e. The van der Waals surface area contributed by atoms with Gasteiger partial charge in [-0.1, -0.05) is 20.3 Å². The lowest BCUT2D eigenvalue weighted by Crippen LogP contribution is -2.53. The summed E-state index contributed by atoms with van der Waals surface area (Å²) in [5.74, 6) is 0.226. The predicted molar refractivity (Wildman–Crippen MR) is 81.0 cm³/mol. The summed E-state index contributed by atoms with van der Waals surface area (Å²) in [4.78, 5) is 15.3. The SMILES string of the molecule is CCCn1cc(C(=O)C(C)(CC)N2CCCCC2)cn1. The van der Waals surface area contributed by atoms with Gasteiger partial charge in [0.2, 0.25) is 0 Å². The second kappa shape index (κ2) is 6.53. The van der Waals surface area contributed by atoms with Gasteiger partial charge in [0, 0.05) is 12.7 Å². The third kappa shape index (κ3) is 2.95. The van der Waals surface area contributed by atoms with Crippen molar-refractivity contribution < 1.29 is 4.79 Å². The average molecular weight is 277 g/mol. The van der Waals surface area contributed by atoms with Crippen LogP contribution in [0.15, 0.2) is 12.4 Å². The summed E-state index contributed by atoms with van der Waals surface area (Å²) in [6.45, 7) is 9.28. The molecule has 0 amide bonds. The normalized spacial score (nSPS) is 19.8. The van der Waals surface area contributed by atoms with E-state index < -0.39 is 0 Å². The van der Waals surface area contributed by atoms with Crippen LogP contribution in [0.25, 0.3) is 0 Å². The molecule has 20 heavy (non-hydrogen) atoms. The van der Waals surface area contributed by atoms with E-state index in [0.29, 0.717) is 0 Å². The molecule has 0 bridgehead atoms. The number of piperidine rings is 1. The van der Waals surface area contributed by atoms with E-state index in [0.717, 1.165) is 38.0 Å². The van der Waals surface area contributed by atoms with E-state index in [1.807, 2.05) is 10.9 Å². The molecular weight excluding hydrogens is 250 g/mol. The Morgan fingerprint density at radius 2 is 2.00 bits per heavy atom. The lowest BCUT2D eigenvalue weighted by molar-refractivity contribution is 0.0505. The number of hydrogen-bond donors (Lipinski definition) is 0. The summed E-state index contributed by atoms with van der Waals surface area (Å²) in [6.07, 6.45) is 9.23. The number of hydrogen-bond acceptors (Lipinski definition) is 3.